The normalized spacial score (nSPS) is 12.9. The fourth-order valence-electron chi connectivity index (χ4n) is 1.85. The van der Waals surface area contributed by atoms with Gasteiger partial charge in [-0.2, -0.15) is 4.31 Å². The van der Waals surface area contributed by atoms with E-state index in [0.717, 1.165) is 23.5 Å². The first kappa shape index (κ1) is 18.5. The van der Waals surface area contributed by atoms with Crippen molar-refractivity contribution < 1.29 is 22.9 Å². The molecule has 0 bridgehead atoms. The number of nitrogens with zero attached hydrogens (tertiary/aromatic N) is 2. The van der Waals surface area contributed by atoms with Gasteiger partial charge < -0.3 is 4.74 Å². The maximum atomic E-state index is 12.7. The molecule has 0 aliphatic rings. The zero-order valence-corrected chi connectivity index (χ0v) is 14.3. The molecule has 0 aliphatic heterocycles. The van der Waals surface area contributed by atoms with E-state index >= 15 is 0 Å². The summed E-state index contributed by atoms with van der Waals surface area (Å²) in [5.41, 5.74) is -0.542. The number of hydrogen-bond donors (Lipinski definition) is 0. The molecule has 0 saturated heterocycles. The molecule has 22 heavy (non-hydrogen) atoms. The second kappa shape index (κ2) is 7.65. The van der Waals surface area contributed by atoms with E-state index in [0.29, 0.717) is 0 Å². The van der Waals surface area contributed by atoms with Crippen LogP contribution in [0.25, 0.3) is 0 Å². The average molecular weight is 395 g/mol. The standard InChI is InChI=1S/C12H15BrN2O6S/c1-9(12(16)21-2)14(8-7-13)22(19,20)11-6-4-3-5-10(11)15(17)18/h3-6,9H,7-8H2,1-2H3. The molecule has 0 spiro atoms. The third-order valence-corrected chi connectivity index (χ3v) is 5.30. The number of sulfonamides is 1. The summed E-state index contributed by atoms with van der Waals surface area (Å²) in [4.78, 5) is 21.4. The van der Waals surface area contributed by atoms with Crippen molar-refractivity contribution in [3.05, 3.63) is 34.4 Å². The molecular formula is C12H15BrN2O6S. The van der Waals surface area contributed by atoms with Gasteiger partial charge in [0.1, 0.15) is 6.04 Å². The van der Waals surface area contributed by atoms with Gasteiger partial charge in [-0.25, -0.2) is 8.42 Å². The van der Waals surface area contributed by atoms with Gasteiger partial charge in [-0.05, 0) is 13.0 Å². The van der Waals surface area contributed by atoms with E-state index in [1.807, 2.05) is 0 Å². The van der Waals surface area contributed by atoms with Crippen molar-refractivity contribution in [1.29, 1.82) is 0 Å². The van der Waals surface area contributed by atoms with Gasteiger partial charge >= 0.3 is 5.97 Å². The third-order valence-electron chi connectivity index (χ3n) is 2.93. The van der Waals surface area contributed by atoms with Gasteiger partial charge in [-0.3, -0.25) is 14.9 Å². The van der Waals surface area contributed by atoms with Crippen molar-refractivity contribution in [3.63, 3.8) is 0 Å². The molecule has 0 radical (unpaired) electrons. The van der Waals surface area contributed by atoms with Crippen LogP contribution in [0.15, 0.2) is 29.2 Å². The Morgan fingerprint density at radius 3 is 2.55 bits per heavy atom. The summed E-state index contributed by atoms with van der Waals surface area (Å²) < 4.78 is 30.8. The highest BCUT2D eigenvalue weighted by Crippen LogP contribution is 2.27. The summed E-state index contributed by atoms with van der Waals surface area (Å²) in [7, 11) is -3.09. The Kier molecular flexibility index (Phi) is 6.45. The fraction of sp³-hybridized carbons (Fsp3) is 0.417. The molecule has 1 aromatic carbocycles. The van der Waals surface area contributed by atoms with Crippen LogP contribution >= 0.6 is 15.9 Å². The highest BCUT2D eigenvalue weighted by atomic mass is 79.9. The molecule has 1 rings (SSSR count). The van der Waals surface area contributed by atoms with Crippen LogP contribution in [0, 0.1) is 10.1 Å². The van der Waals surface area contributed by atoms with Crippen molar-refractivity contribution in [3.8, 4) is 0 Å². The summed E-state index contributed by atoms with van der Waals surface area (Å²) in [5, 5.41) is 11.3. The number of methoxy groups -OCH3 is 1. The number of nitro groups is 1. The number of halogens is 1. The quantitative estimate of drug-likeness (QED) is 0.300. The highest BCUT2D eigenvalue weighted by molar-refractivity contribution is 9.09. The zero-order chi connectivity index (χ0) is 16.9. The van der Waals surface area contributed by atoms with E-state index in [1.165, 1.54) is 19.1 Å². The molecule has 10 heteroatoms. The van der Waals surface area contributed by atoms with Crippen LogP contribution in [-0.4, -0.2) is 48.6 Å². The number of nitro benzene ring substituents is 1. The average Bonchev–Trinajstić information content (AvgIpc) is 2.50. The van der Waals surface area contributed by atoms with Gasteiger partial charge in [0.15, 0.2) is 4.90 Å². The van der Waals surface area contributed by atoms with E-state index in [2.05, 4.69) is 20.7 Å². The van der Waals surface area contributed by atoms with Crippen LogP contribution in [0.3, 0.4) is 0 Å². The maximum Gasteiger partial charge on any atom is 0.323 e. The number of benzene rings is 1. The summed E-state index contributed by atoms with van der Waals surface area (Å²) in [6.07, 6.45) is 0. The van der Waals surface area contributed by atoms with E-state index < -0.39 is 37.5 Å². The smallest absolute Gasteiger partial charge is 0.323 e. The number of hydrogen-bond acceptors (Lipinski definition) is 6. The topological polar surface area (TPSA) is 107 Å². The first-order valence-corrected chi connectivity index (χ1v) is 8.72. The van der Waals surface area contributed by atoms with Crippen LogP contribution in [-0.2, 0) is 19.6 Å². The molecular weight excluding hydrogens is 380 g/mol. The second-order valence-electron chi connectivity index (χ2n) is 4.23. The summed E-state index contributed by atoms with van der Waals surface area (Å²) >= 11 is 3.11. The van der Waals surface area contributed by atoms with Crippen LogP contribution in [0.1, 0.15) is 6.92 Å². The SMILES string of the molecule is COC(=O)C(C)N(CCBr)S(=O)(=O)c1ccccc1[N+](=O)[O-]. The van der Waals surface area contributed by atoms with E-state index in [9.17, 15) is 23.3 Å². The fourth-order valence-corrected chi connectivity index (χ4v) is 4.21. The number of esters is 1. The molecule has 0 aliphatic carbocycles. The molecule has 0 amide bonds. The van der Waals surface area contributed by atoms with Crippen LogP contribution in [0.2, 0.25) is 0 Å². The lowest BCUT2D eigenvalue weighted by atomic mass is 10.3. The molecule has 0 N–H and O–H groups in total. The minimum Gasteiger partial charge on any atom is -0.468 e. The van der Waals surface area contributed by atoms with Crippen molar-refractivity contribution in [2.75, 3.05) is 19.0 Å². The number of rotatable bonds is 7. The lowest BCUT2D eigenvalue weighted by Gasteiger charge is -2.25. The van der Waals surface area contributed by atoms with Gasteiger partial charge in [-0.1, -0.05) is 28.1 Å². The first-order chi connectivity index (χ1) is 10.3. The summed E-state index contributed by atoms with van der Waals surface area (Å²) in [5.74, 6) is -0.747. The predicted molar refractivity (Wildman–Crippen MR) is 82.3 cm³/mol. The maximum absolute atomic E-state index is 12.7. The number of ether oxygens (including phenoxy) is 1. The number of para-hydroxylation sites is 1. The van der Waals surface area contributed by atoms with Gasteiger partial charge in [0.05, 0.1) is 12.0 Å². The van der Waals surface area contributed by atoms with Crippen molar-refractivity contribution in [1.82, 2.24) is 4.31 Å². The van der Waals surface area contributed by atoms with E-state index in [-0.39, 0.29) is 11.9 Å². The van der Waals surface area contributed by atoms with E-state index in [4.69, 9.17) is 0 Å². The lowest BCUT2D eigenvalue weighted by Crippen LogP contribution is -2.44. The minimum atomic E-state index is -4.23. The lowest BCUT2D eigenvalue weighted by molar-refractivity contribution is -0.387. The van der Waals surface area contributed by atoms with E-state index in [1.54, 1.807) is 0 Å². The largest absolute Gasteiger partial charge is 0.468 e. The molecule has 1 atom stereocenters. The minimum absolute atomic E-state index is 0.0371. The number of carbonyl (C=O) groups excluding carboxylic acids is 1. The molecule has 1 unspecified atom stereocenters. The summed E-state index contributed by atoms with van der Waals surface area (Å²) in [6.45, 7) is 1.32. The number of carbonyl (C=O) groups is 1. The Balaban J connectivity index is 3.41. The molecule has 0 fully saturated rings. The Bertz CT molecular complexity index is 663. The summed E-state index contributed by atoms with van der Waals surface area (Å²) in [6, 6.07) is 3.89. The van der Waals surface area contributed by atoms with Crippen LogP contribution in [0.4, 0.5) is 5.69 Å². The van der Waals surface area contributed by atoms with Crippen LogP contribution < -0.4 is 0 Å². The van der Waals surface area contributed by atoms with Crippen molar-refractivity contribution >= 4 is 37.6 Å². The van der Waals surface area contributed by atoms with Gasteiger partial charge in [0, 0.05) is 17.9 Å². The monoisotopic (exact) mass is 394 g/mol. The van der Waals surface area contributed by atoms with Crippen molar-refractivity contribution in [2.24, 2.45) is 0 Å². The van der Waals surface area contributed by atoms with Gasteiger partial charge in [-0.15, -0.1) is 0 Å². The Labute approximate surface area is 136 Å². The Morgan fingerprint density at radius 1 is 1.45 bits per heavy atom. The third kappa shape index (κ3) is 3.81. The zero-order valence-electron chi connectivity index (χ0n) is 11.9. The molecule has 1 aromatic rings. The number of alkyl halides is 1. The Morgan fingerprint density at radius 2 is 2.05 bits per heavy atom. The second-order valence-corrected chi connectivity index (χ2v) is 6.88. The Hall–Kier alpha value is -1.52. The van der Waals surface area contributed by atoms with Crippen molar-refractivity contribution in [2.45, 2.75) is 17.9 Å². The molecule has 0 saturated carbocycles. The van der Waals surface area contributed by atoms with Crippen LogP contribution in [0.5, 0.6) is 0 Å². The molecule has 8 nitrogen and oxygen atoms in total. The van der Waals surface area contributed by atoms with Gasteiger partial charge in [0.2, 0.25) is 0 Å². The first-order valence-electron chi connectivity index (χ1n) is 6.16. The molecule has 122 valence electrons. The molecule has 0 aromatic heterocycles. The molecule has 0 heterocycles. The predicted octanol–water partition coefficient (Wildman–Crippen LogP) is 1.54. The highest BCUT2D eigenvalue weighted by Gasteiger charge is 2.36. The van der Waals surface area contributed by atoms with Gasteiger partial charge in [0.25, 0.3) is 15.7 Å².